The maximum Gasteiger partial charge on any atom is 0.416 e. The molecule has 0 saturated heterocycles. The summed E-state index contributed by atoms with van der Waals surface area (Å²) in [4.78, 5) is -0.579. The van der Waals surface area contributed by atoms with Crippen molar-refractivity contribution in [1.82, 2.24) is 0 Å². The van der Waals surface area contributed by atoms with Crippen LogP contribution in [0.25, 0.3) is 0 Å². The van der Waals surface area contributed by atoms with E-state index in [2.05, 4.69) is 31.9 Å². The quantitative estimate of drug-likeness (QED) is 0.384. The van der Waals surface area contributed by atoms with E-state index in [9.17, 15) is 34.8 Å². The highest BCUT2D eigenvalue weighted by molar-refractivity contribution is 9.10. The molecule has 0 atom stereocenters. The number of hydrogen-bond acceptors (Lipinski definition) is 3. The first-order chi connectivity index (χ1) is 12.0. The molecule has 0 saturated carbocycles. The van der Waals surface area contributed by atoms with Crippen LogP contribution in [0.2, 0.25) is 0 Å². The second kappa shape index (κ2) is 8.37. The Morgan fingerprint density at radius 1 is 0.741 bits per heavy atom. The van der Waals surface area contributed by atoms with Gasteiger partial charge < -0.3 is 5.73 Å². The summed E-state index contributed by atoms with van der Waals surface area (Å²) < 4.78 is 95.1. The third kappa shape index (κ3) is 7.68. The van der Waals surface area contributed by atoms with Gasteiger partial charge >= 0.3 is 12.4 Å². The largest absolute Gasteiger partial charge is 0.416 e. The van der Waals surface area contributed by atoms with E-state index in [0.29, 0.717) is 10.5 Å². The lowest BCUT2D eigenvalue weighted by Crippen LogP contribution is -2.14. The third-order valence-corrected chi connectivity index (χ3v) is 4.58. The highest BCUT2D eigenvalue weighted by atomic mass is 79.9. The molecule has 0 fully saturated rings. The van der Waals surface area contributed by atoms with Crippen molar-refractivity contribution in [1.29, 1.82) is 0 Å². The highest BCUT2D eigenvalue weighted by Gasteiger charge is 2.32. The summed E-state index contributed by atoms with van der Waals surface area (Å²) in [7, 11) is -4.14. The molecule has 4 nitrogen and oxygen atoms in total. The molecule has 2 aromatic rings. The van der Waals surface area contributed by atoms with Gasteiger partial charge in [0.15, 0.2) is 0 Å². The Balaban J connectivity index is 0.000000277. The minimum atomic E-state index is -4.61. The van der Waals surface area contributed by atoms with Crippen LogP contribution in [0.3, 0.4) is 0 Å². The minimum Gasteiger partial charge on any atom is -0.399 e. The summed E-state index contributed by atoms with van der Waals surface area (Å²) in [6.45, 7) is 0. The molecule has 0 radical (unpaired) electrons. The average molecular weight is 544 g/mol. The number of alkyl halides is 6. The topological polar surface area (TPSA) is 86.2 Å². The van der Waals surface area contributed by atoms with Crippen LogP contribution in [-0.2, 0) is 22.4 Å². The Kier molecular flexibility index (Phi) is 7.36. The van der Waals surface area contributed by atoms with Crippen LogP contribution in [0.1, 0.15) is 11.1 Å². The van der Waals surface area contributed by atoms with Crippen molar-refractivity contribution in [3.05, 3.63) is 56.5 Å². The van der Waals surface area contributed by atoms with E-state index >= 15 is 0 Å². The van der Waals surface area contributed by atoms with Crippen molar-refractivity contribution in [2.45, 2.75) is 17.2 Å². The van der Waals surface area contributed by atoms with Gasteiger partial charge in [-0.05, 0) is 36.4 Å². The molecule has 2 aromatic carbocycles. The van der Waals surface area contributed by atoms with E-state index in [1.165, 1.54) is 6.07 Å². The number of benzene rings is 2. The lowest BCUT2D eigenvalue weighted by atomic mass is 10.2. The normalized spacial score (nSPS) is 12.3. The predicted octanol–water partition coefficient (Wildman–Crippen LogP) is 5.17. The van der Waals surface area contributed by atoms with Crippen LogP contribution in [0.15, 0.2) is 50.2 Å². The number of nitrogen functional groups attached to an aromatic ring is 1. The zero-order valence-corrected chi connectivity index (χ0v) is 16.9. The molecule has 0 unspecified atom stereocenters. The molecule has 0 aliphatic carbocycles. The highest BCUT2D eigenvalue weighted by Crippen LogP contribution is 2.33. The first kappa shape index (κ1) is 23.7. The van der Waals surface area contributed by atoms with Crippen LogP contribution in [0.4, 0.5) is 32.0 Å². The monoisotopic (exact) mass is 542 g/mol. The van der Waals surface area contributed by atoms with Crippen LogP contribution in [-0.4, -0.2) is 8.42 Å². The molecule has 0 aromatic heterocycles. The average Bonchev–Trinajstić information content (AvgIpc) is 2.43. The second-order valence-electron chi connectivity index (χ2n) is 4.99. The van der Waals surface area contributed by atoms with Crippen molar-refractivity contribution in [3.8, 4) is 0 Å². The van der Waals surface area contributed by atoms with Crippen LogP contribution in [0, 0.1) is 0 Å². The Morgan fingerprint density at radius 3 is 1.52 bits per heavy atom. The molecule has 0 spiro atoms. The lowest BCUT2D eigenvalue weighted by Gasteiger charge is -2.08. The maximum atomic E-state index is 12.3. The van der Waals surface area contributed by atoms with Crippen molar-refractivity contribution >= 4 is 47.6 Å². The predicted molar refractivity (Wildman–Crippen MR) is 94.1 cm³/mol. The summed E-state index contributed by atoms with van der Waals surface area (Å²) in [6, 6.07) is 5.55. The summed E-state index contributed by atoms with van der Waals surface area (Å²) >= 11 is 5.70. The fourth-order valence-electron chi connectivity index (χ4n) is 1.67. The molecule has 0 heterocycles. The number of nitrogens with two attached hydrogens (primary N) is 2. The molecule has 27 heavy (non-hydrogen) atoms. The van der Waals surface area contributed by atoms with Gasteiger partial charge in [0.2, 0.25) is 10.0 Å². The second-order valence-corrected chi connectivity index (χ2v) is 8.38. The number of rotatable bonds is 1. The number of sulfonamides is 1. The molecule has 4 N–H and O–H groups in total. The fourth-order valence-corrected chi connectivity index (χ4v) is 3.40. The van der Waals surface area contributed by atoms with Gasteiger partial charge in [0.25, 0.3) is 0 Å². The first-order valence-corrected chi connectivity index (χ1v) is 9.67. The third-order valence-electron chi connectivity index (χ3n) is 2.77. The van der Waals surface area contributed by atoms with E-state index in [-0.39, 0.29) is 10.2 Å². The molecule has 0 aliphatic rings. The van der Waals surface area contributed by atoms with E-state index in [0.717, 1.165) is 24.3 Å². The van der Waals surface area contributed by atoms with Gasteiger partial charge in [-0.2, -0.15) is 26.3 Å². The lowest BCUT2D eigenvalue weighted by molar-refractivity contribution is -0.138. The van der Waals surface area contributed by atoms with Crippen molar-refractivity contribution in [2.75, 3.05) is 5.73 Å². The zero-order valence-electron chi connectivity index (χ0n) is 12.9. The summed E-state index contributed by atoms with van der Waals surface area (Å²) in [5, 5.41) is 4.72. The summed E-state index contributed by atoms with van der Waals surface area (Å²) in [5.41, 5.74) is 3.51. The Bertz CT molecular complexity index is 910. The molecular formula is C14H10Br2F6N2O2S. The zero-order chi connectivity index (χ0) is 21.2. The standard InChI is InChI=1S/C7H5BrF3NO2S.C7H5BrF3N/c8-5-1-4(7(9,10)11)2-6(3-5)15(12,13)14;8-5-1-4(7(9,10)11)2-6(12)3-5/h1-3H,(H2,12,13,14);1-3H,12H2. The van der Waals surface area contributed by atoms with E-state index < -0.39 is 38.4 Å². The Morgan fingerprint density at radius 2 is 1.15 bits per heavy atom. The van der Waals surface area contributed by atoms with Gasteiger partial charge in [0.05, 0.1) is 16.0 Å². The van der Waals surface area contributed by atoms with Gasteiger partial charge in [-0.3, -0.25) is 0 Å². The van der Waals surface area contributed by atoms with Crippen LogP contribution >= 0.6 is 31.9 Å². The molecule has 150 valence electrons. The number of hydrogen-bond donors (Lipinski definition) is 2. The van der Waals surface area contributed by atoms with Crippen LogP contribution in [0.5, 0.6) is 0 Å². The minimum absolute atomic E-state index is 0.00125. The molecule has 0 aliphatic heterocycles. The molecule has 0 amide bonds. The van der Waals surface area contributed by atoms with Gasteiger partial charge in [0.1, 0.15) is 0 Å². The number of primary sulfonamides is 1. The maximum absolute atomic E-state index is 12.3. The Hall–Kier alpha value is -1.31. The van der Waals surface area contributed by atoms with Gasteiger partial charge in [-0.1, -0.05) is 31.9 Å². The SMILES string of the molecule is NS(=O)(=O)c1cc(Br)cc(C(F)(F)F)c1.Nc1cc(Br)cc(C(F)(F)F)c1. The van der Waals surface area contributed by atoms with E-state index in [1.807, 2.05) is 0 Å². The van der Waals surface area contributed by atoms with Gasteiger partial charge in [-0.25, -0.2) is 13.6 Å². The molecule has 13 heteroatoms. The van der Waals surface area contributed by atoms with E-state index in [1.54, 1.807) is 0 Å². The van der Waals surface area contributed by atoms with Crippen molar-refractivity contribution in [2.24, 2.45) is 5.14 Å². The smallest absolute Gasteiger partial charge is 0.399 e. The van der Waals surface area contributed by atoms with Crippen LogP contribution < -0.4 is 10.9 Å². The molecular weight excluding hydrogens is 534 g/mol. The van der Waals surface area contributed by atoms with Gasteiger partial charge in [-0.15, -0.1) is 0 Å². The van der Waals surface area contributed by atoms with Crippen molar-refractivity contribution in [3.63, 3.8) is 0 Å². The summed E-state index contributed by atoms with van der Waals surface area (Å²) in [6.07, 6.45) is -8.94. The summed E-state index contributed by atoms with van der Waals surface area (Å²) in [5.74, 6) is 0. The fraction of sp³-hybridized carbons (Fsp3) is 0.143. The number of halogens is 8. The molecule has 0 bridgehead atoms. The number of anilines is 1. The molecule has 2 rings (SSSR count). The van der Waals surface area contributed by atoms with E-state index in [4.69, 9.17) is 10.9 Å². The van der Waals surface area contributed by atoms with Crippen molar-refractivity contribution < 1.29 is 34.8 Å². The Labute approximate surface area is 166 Å². The first-order valence-electron chi connectivity index (χ1n) is 6.54. The van der Waals surface area contributed by atoms with Gasteiger partial charge in [0, 0.05) is 14.6 Å².